The third-order valence-corrected chi connectivity index (χ3v) is 4.29. The summed E-state index contributed by atoms with van der Waals surface area (Å²) in [5, 5.41) is 0. The number of carbonyl (C=O) groups excluding carboxylic acids is 1. The molecule has 0 heterocycles. The zero-order valence-corrected chi connectivity index (χ0v) is 13.9. The van der Waals surface area contributed by atoms with E-state index in [0.29, 0.717) is 13.0 Å². The molecule has 0 aromatic carbocycles. The van der Waals surface area contributed by atoms with E-state index in [2.05, 4.69) is 13.8 Å². The second-order valence-corrected chi connectivity index (χ2v) is 7.04. The molecule has 0 aliphatic carbocycles. The molecule has 0 spiro atoms. The second kappa shape index (κ2) is 9.92. The van der Waals surface area contributed by atoms with Gasteiger partial charge in [0.1, 0.15) is 0 Å². The Labute approximate surface area is 128 Å². The number of quaternary nitrogens is 1. The average molecular weight is 321 g/mol. The third-order valence-electron chi connectivity index (χ3n) is 3.48. The van der Waals surface area contributed by atoms with Crippen LogP contribution in [0.15, 0.2) is 12.2 Å². The summed E-state index contributed by atoms with van der Waals surface area (Å²) in [6.07, 6.45) is 6.32. The maximum Gasteiger partial charge on any atom is 0.265 e. The van der Waals surface area contributed by atoms with Gasteiger partial charge in [0, 0.05) is 12.8 Å². The first-order valence-corrected chi connectivity index (χ1v) is 9.12. The average Bonchev–Trinajstić information content (AvgIpc) is 2.33. The van der Waals surface area contributed by atoms with Crippen molar-refractivity contribution in [1.82, 2.24) is 0 Å². The minimum atomic E-state index is -3.90. The zero-order chi connectivity index (χ0) is 16.4. The molecule has 1 amide bonds. The van der Waals surface area contributed by atoms with E-state index >= 15 is 0 Å². The maximum atomic E-state index is 10.9. The molecule has 0 unspecified atom stereocenters. The molecule has 0 radical (unpaired) electrons. The molecule has 0 saturated carbocycles. The first kappa shape index (κ1) is 20.1. The Balaban J connectivity index is 4.68. The molecule has 0 bridgehead atoms. The van der Waals surface area contributed by atoms with E-state index in [4.69, 9.17) is 10.3 Å². The highest BCUT2D eigenvalue weighted by molar-refractivity contribution is 7.85. The normalized spacial score (nSPS) is 12.9. The lowest BCUT2D eigenvalue weighted by atomic mass is 10.2. The van der Waals surface area contributed by atoms with Crippen molar-refractivity contribution in [1.29, 1.82) is 0 Å². The Morgan fingerprint density at radius 3 is 2.14 bits per heavy atom. The quantitative estimate of drug-likeness (QED) is 0.322. The number of nitrogens with two attached hydrogens (primary N) is 1. The lowest BCUT2D eigenvalue weighted by Crippen LogP contribution is -2.50. The number of primary amides is 1. The molecule has 124 valence electrons. The minimum Gasteiger partial charge on any atom is -0.366 e. The number of hydrogen-bond acceptors (Lipinski definition) is 3. The van der Waals surface area contributed by atoms with Crippen LogP contribution in [0, 0.1) is 0 Å². The topological polar surface area (TPSA) is 97.5 Å². The maximum absolute atomic E-state index is 10.9. The molecule has 0 fully saturated rings. The summed E-state index contributed by atoms with van der Waals surface area (Å²) in [6.45, 7) is 7.69. The number of hydrogen-bond donors (Lipinski definition) is 2. The van der Waals surface area contributed by atoms with Gasteiger partial charge in [-0.25, -0.2) is 0 Å². The van der Waals surface area contributed by atoms with Crippen LogP contribution >= 0.6 is 0 Å². The Bertz CT molecular complexity index is 426. The Morgan fingerprint density at radius 2 is 1.71 bits per heavy atom. The van der Waals surface area contributed by atoms with Gasteiger partial charge in [-0.2, -0.15) is 8.42 Å². The van der Waals surface area contributed by atoms with Gasteiger partial charge in [0.05, 0.1) is 31.9 Å². The number of rotatable bonds is 12. The molecule has 0 aliphatic heterocycles. The van der Waals surface area contributed by atoms with E-state index < -0.39 is 16.0 Å². The van der Waals surface area contributed by atoms with Crippen LogP contribution < -0.4 is 5.73 Å². The summed E-state index contributed by atoms with van der Waals surface area (Å²) in [5.74, 6) is -0.650. The number of nitrogens with zero attached hydrogens (tertiary/aromatic N) is 1. The van der Waals surface area contributed by atoms with Gasteiger partial charge in [0.15, 0.2) is 0 Å². The van der Waals surface area contributed by atoms with E-state index in [1.807, 2.05) is 0 Å². The van der Waals surface area contributed by atoms with Crippen molar-refractivity contribution < 1.29 is 22.2 Å². The molecule has 0 atom stereocenters. The van der Waals surface area contributed by atoms with Crippen LogP contribution in [0.2, 0.25) is 0 Å². The van der Waals surface area contributed by atoms with E-state index in [1.54, 1.807) is 6.08 Å². The summed E-state index contributed by atoms with van der Waals surface area (Å²) in [5.41, 5.74) is 5.06. The van der Waals surface area contributed by atoms with Crippen LogP contribution in [-0.4, -0.2) is 55.3 Å². The third kappa shape index (κ3) is 10.4. The highest BCUT2D eigenvalue weighted by Crippen LogP contribution is 2.14. The van der Waals surface area contributed by atoms with Gasteiger partial charge < -0.3 is 10.2 Å². The summed E-state index contributed by atoms with van der Waals surface area (Å²) in [7, 11) is -3.90. The van der Waals surface area contributed by atoms with Crippen molar-refractivity contribution in [2.24, 2.45) is 5.73 Å². The molecule has 3 N–H and O–H groups in total. The fourth-order valence-corrected chi connectivity index (χ4v) is 3.24. The van der Waals surface area contributed by atoms with Crippen LogP contribution in [0.5, 0.6) is 0 Å². The minimum absolute atomic E-state index is 0.197. The largest absolute Gasteiger partial charge is 0.366 e. The van der Waals surface area contributed by atoms with E-state index in [0.717, 1.165) is 43.4 Å². The number of carbonyl (C=O) groups is 1. The van der Waals surface area contributed by atoms with Crippen molar-refractivity contribution in [3.05, 3.63) is 12.2 Å². The smallest absolute Gasteiger partial charge is 0.265 e. The predicted molar refractivity (Wildman–Crippen MR) is 84.3 cm³/mol. The van der Waals surface area contributed by atoms with Crippen LogP contribution in [0.1, 0.15) is 39.5 Å². The van der Waals surface area contributed by atoms with Gasteiger partial charge in [-0.15, -0.1) is 0 Å². The van der Waals surface area contributed by atoms with E-state index in [-0.39, 0.29) is 5.75 Å². The fraction of sp³-hybridized carbons (Fsp3) is 0.786. The van der Waals surface area contributed by atoms with Crippen molar-refractivity contribution in [3.8, 4) is 0 Å². The van der Waals surface area contributed by atoms with Gasteiger partial charge in [0.2, 0.25) is 5.91 Å². The zero-order valence-electron chi connectivity index (χ0n) is 13.1. The van der Waals surface area contributed by atoms with Gasteiger partial charge in [-0.05, 0) is 18.9 Å². The molecule has 0 aliphatic rings. The second-order valence-electron chi connectivity index (χ2n) is 5.47. The van der Waals surface area contributed by atoms with E-state index in [9.17, 15) is 13.2 Å². The standard InChI is InChI=1S/C14H28N2O4S/c1-3-9-16(10-4-2,11-6-5-8-14(15)17)12-7-13-21(18,19)20/h5,8H,3-4,6-7,9-13H2,1-2H3,(H2-,15,17,18,19,20)/p+1. The summed E-state index contributed by atoms with van der Waals surface area (Å²) in [4.78, 5) is 10.7. The van der Waals surface area contributed by atoms with Crippen LogP contribution in [0.3, 0.4) is 0 Å². The molecule has 0 saturated heterocycles. The highest BCUT2D eigenvalue weighted by Gasteiger charge is 2.25. The van der Waals surface area contributed by atoms with Crippen molar-refractivity contribution in [3.63, 3.8) is 0 Å². The first-order chi connectivity index (χ1) is 9.74. The molecular formula is C14H29N2O4S+. The predicted octanol–water partition coefficient (Wildman–Crippen LogP) is 1.33. The molecule has 0 aromatic heterocycles. The van der Waals surface area contributed by atoms with Crippen molar-refractivity contribution >= 4 is 16.0 Å². The van der Waals surface area contributed by atoms with Crippen LogP contribution in [0.25, 0.3) is 0 Å². The first-order valence-electron chi connectivity index (χ1n) is 7.51. The van der Waals surface area contributed by atoms with Crippen LogP contribution in [-0.2, 0) is 14.9 Å². The Hall–Kier alpha value is -0.920. The fourth-order valence-electron chi connectivity index (χ4n) is 2.75. The molecule has 0 aromatic rings. The van der Waals surface area contributed by atoms with Gasteiger partial charge in [-0.3, -0.25) is 9.35 Å². The molecule has 0 rings (SSSR count). The Kier molecular flexibility index (Phi) is 9.48. The molecule has 6 nitrogen and oxygen atoms in total. The summed E-state index contributed by atoms with van der Waals surface area (Å²) in [6, 6.07) is 0. The monoisotopic (exact) mass is 321 g/mol. The SMILES string of the molecule is CCC[N+](CCC)(CCC=CC(N)=O)CCCS(=O)(=O)O. The van der Waals surface area contributed by atoms with Gasteiger partial charge in [-0.1, -0.05) is 19.9 Å². The molecule has 7 heteroatoms. The highest BCUT2D eigenvalue weighted by atomic mass is 32.2. The van der Waals surface area contributed by atoms with E-state index in [1.165, 1.54) is 6.08 Å². The number of amides is 1. The molecular weight excluding hydrogens is 292 g/mol. The van der Waals surface area contributed by atoms with Gasteiger partial charge >= 0.3 is 0 Å². The van der Waals surface area contributed by atoms with Crippen molar-refractivity contribution in [2.75, 3.05) is 31.9 Å². The summed E-state index contributed by atoms with van der Waals surface area (Å²) >= 11 is 0. The lowest BCUT2D eigenvalue weighted by Gasteiger charge is -2.38. The molecule has 21 heavy (non-hydrogen) atoms. The van der Waals surface area contributed by atoms with Gasteiger partial charge in [0.25, 0.3) is 10.1 Å². The Morgan fingerprint density at radius 1 is 1.14 bits per heavy atom. The lowest BCUT2D eigenvalue weighted by molar-refractivity contribution is -0.928. The van der Waals surface area contributed by atoms with Crippen LogP contribution in [0.4, 0.5) is 0 Å². The van der Waals surface area contributed by atoms with Crippen molar-refractivity contribution in [2.45, 2.75) is 39.5 Å². The summed E-state index contributed by atoms with van der Waals surface area (Å²) < 4.78 is 31.4.